The van der Waals surface area contributed by atoms with Crippen LogP contribution in [0.1, 0.15) is 60.6 Å². The summed E-state index contributed by atoms with van der Waals surface area (Å²) in [6.45, 7) is 2.80. The Bertz CT molecular complexity index is 1160. The van der Waals surface area contributed by atoms with E-state index in [9.17, 15) is 4.79 Å². The highest BCUT2D eigenvalue weighted by atomic mass is 16.5. The zero-order valence-corrected chi connectivity index (χ0v) is 20.3. The lowest BCUT2D eigenvalue weighted by molar-refractivity contribution is 0.0526. The largest absolute Gasteiger partial charge is 0.479 e. The zero-order chi connectivity index (χ0) is 24.6. The van der Waals surface area contributed by atoms with Crippen molar-refractivity contribution in [2.24, 2.45) is 5.92 Å². The third kappa shape index (κ3) is 6.03. The van der Waals surface area contributed by atoms with E-state index < -0.39 is 5.97 Å². The highest BCUT2D eigenvalue weighted by Gasteiger charge is 2.22. The molecule has 9 heteroatoms. The monoisotopic (exact) mass is 476 g/mol. The summed E-state index contributed by atoms with van der Waals surface area (Å²) in [4.78, 5) is 21.3. The number of methoxy groups -OCH3 is 1. The van der Waals surface area contributed by atoms with E-state index in [4.69, 9.17) is 19.9 Å². The maximum atomic E-state index is 12.1. The summed E-state index contributed by atoms with van der Waals surface area (Å²) in [6.07, 6.45) is 9.51. The summed E-state index contributed by atoms with van der Waals surface area (Å²) in [7, 11) is 1.55. The van der Waals surface area contributed by atoms with E-state index in [0.717, 1.165) is 12.1 Å². The van der Waals surface area contributed by atoms with E-state index in [1.165, 1.54) is 49.2 Å². The Labute approximate surface area is 205 Å². The zero-order valence-electron chi connectivity index (χ0n) is 20.3. The fourth-order valence-electron chi connectivity index (χ4n) is 4.33. The molecule has 2 heterocycles. The van der Waals surface area contributed by atoms with Crippen molar-refractivity contribution in [1.29, 1.82) is 5.41 Å². The van der Waals surface area contributed by atoms with E-state index in [1.54, 1.807) is 14.0 Å². The molecule has 4 rings (SSSR count). The summed E-state index contributed by atoms with van der Waals surface area (Å²) in [6, 6.07) is 9.84. The highest BCUT2D eigenvalue weighted by Crippen LogP contribution is 2.30. The Balaban J connectivity index is 1.68. The van der Waals surface area contributed by atoms with Gasteiger partial charge in [-0.15, -0.1) is 0 Å². The lowest BCUT2D eigenvalue weighted by Gasteiger charge is -2.23. The number of hydrogen-bond acceptors (Lipinski definition) is 8. The molecular weight excluding hydrogens is 444 g/mol. The van der Waals surface area contributed by atoms with Gasteiger partial charge in [-0.2, -0.15) is 10.1 Å². The average molecular weight is 477 g/mol. The van der Waals surface area contributed by atoms with Crippen LogP contribution in [0.3, 0.4) is 0 Å². The van der Waals surface area contributed by atoms with Crippen LogP contribution in [-0.4, -0.2) is 51.7 Å². The number of nitrogens with one attached hydrogen (secondary N) is 2. The Morgan fingerprint density at radius 2 is 1.94 bits per heavy atom. The topological polar surface area (TPSA) is 115 Å². The van der Waals surface area contributed by atoms with Crippen LogP contribution in [0.15, 0.2) is 42.7 Å². The molecule has 0 spiro atoms. The van der Waals surface area contributed by atoms with Crippen LogP contribution in [0, 0.1) is 11.3 Å². The molecular formula is C26H32N6O3. The Morgan fingerprint density at radius 1 is 1.17 bits per heavy atom. The molecule has 2 aromatic heterocycles. The minimum atomic E-state index is -0.464. The molecule has 3 aromatic rings. The number of ether oxygens (including phenoxy) is 2. The number of carbonyl (C=O) groups excluding carboxylic acids is 1. The number of aromatic nitrogens is 4. The van der Waals surface area contributed by atoms with Gasteiger partial charge in [0, 0.05) is 19.2 Å². The van der Waals surface area contributed by atoms with Crippen molar-refractivity contribution in [1.82, 2.24) is 19.7 Å². The molecule has 2 N–H and O–H groups in total. The van der Waals surface area contributed by atoms with E-state index in [2.05, 4.69) is 15.4 Å². The predicted octanol–water partition coefficient (Wildman–Crippen LogP) is 4.45. The molecule has 0 saturated heterocycles. The second kappa shape index (κ2) is 11.6. The summed E-state index contributed by atoms with van der Waals surface area (Å²) in [5.74, 6) is 0.663. The van der Waals surface area contributed by atoms with Crippen LogP contribution in [0.4, 0.5) is 5.69 Å². The normalized spacial score (nSPS) is 13.9. The van der Waals surface area contributed by atoms with E-state index in [0.29, 0.717) is 40.9 Å². The van der Waals surface area contributed by atoms with Gasteiger partial charge in [0.15, 0.2) is 0 Å². The van der Waals surface area contributed by atoms with Gasteiger partial charge >= 0.3 is 5.97 Å². The van der Waals surface area contributed by atoms with Gasteiger partial charge in [0.25, 0.3) is 5.95 Å². The van der Waals surface area contributed by atoms with Crippen LogP contribution in [-0.2, 0) is 11.2 Å². The second-order valence-corrected chi connectivity index (χ2v) is 8.68. The van der Waals surface area contributed by atoms with Gasteiger partial charge in [-0.05, 0) is 31.2 Å². The summed E-state index contributed by atoms with van der Waals surface area (Å²) in [5.41, 5.74) is 2.72. The second-order valence-electron chi connectivity index (χ2n) is 8.68. The smallest absolute Gasteiger partial charge is 0.341 e. The van der Waals surface area contributed by atoms with Gasteiger partial charge in [-0.25, -0.2) is 14.5 Å². The van der Waals surface area contributed by atoms with Crippen LogP contribution < -0.4 is 10.1 Å². The first kappa shape index (κ1) is 24.4. The molecule has 0 bridgehead atoms. The first-order valence-corrected chi connectivity index (χ1v) is 12.1. The van der Waals surface area contributed by atoms with E-state index in [-0.39, 0.29) is 12.6 Å². The third-order valence-electron chi connectivity index (χ3n) is 6.16. The van der Waals surface area contributed by atoms with E-state index in [1.807, 2.05) is 30.3 Å². The number of nitrogens with zero attached hydrogens (tertiary/aromatic N) is 4. The van der Waals surface area contributed by atoms with Crippen molar-refractivity contribution in [2.75, 3.05) is 25.6 Å². The predicted molar refractivity (Wildman–Crippen MR) is 134 cm³/mol. The Morgan fingerprint density at radius 3 is 2.66 bits per heavy atom. The van der Waals surface area contributed by atoms with Crippen molar-refractivity contribution >= 4 is 17.4 Å². The van der Waals surface area contributed by atoms with Gasteiger partial charge in [0.1, 0.15) is 11.4 Å². The molecule has 1 fully saturated rings. The Hall–Kier alpha value is -3.75. The van der Waals surface area contributed by atoms with Crippen molar-refractivity contribution < 1.29 is 14.3 Å². The molecule has 0 amide bonds. The first-order chi connectivity index (χ1) is 17.1. The summed E-state index contributed by atoms with van der Waals surface area (Å²) < 4.78 is 12.1. The number of carbonyl (C=O) groups is 1. The minimum absolute atomic E-state index is 0.216. The highest BCUT2D eigenvalue weighted by molar-refractivity contribution is 6.03. The number of rotatable bonds is 10. The molecule has 1 saturated carbocycles. The fourth-order valence-corrected chi connectivity index (χ4v) is 4.33. The molecule has 9 nitrogen and oxygen atoms in total. The van der Waals surface area contributed by atoms with Crippen molar-refractivity contribution in [3.8, 4) is 11.8 Å². The van der Waals surface area contributed by atoms with Crippen LogP contribution in [0.25, 0.3) is 5.95 Å². The van der Waals surface area contributed by atoms with Gasteiger partial charge in [-0.3, -0.25) is 0 Å². The first-order valence-electron chi connectivity index (χ1n) is 12.1. The molecule has 35 heavy (non-hydrogen) atoms. The molecule has 0 atom stereocenters. The van der Waals surface area contributed by atoms with Gasteiger partial charge in [0.05, 0.1) is 31.2 Å². The van der Waals surface area contributed by atoms with E-state index >= 15 is 0 Å². The molecule has 1 aromatic carbocycles. The quantitative estimate of drug-likeness (QED) is 0.328. The fraction of sp³-hybridized carbons (Fsp3) is 0.423. The number of anilines is 1. The van der Waals surface area contributed by atoms with Gasteiger partial charge in [-0.1, -0.05) is 49.6 Å². The molecule has 1 aliphatic rings. The van der Waals surface area contributed by atoms with Crippen molar-refractivity contribution in [3.05, 3.63) is 59.5 Å². The SMILES string of the molecule is CCOC(=O)c1cnn(-c2nc(OC)c(NCC3CCCCC3)c(C(=N)Cc3ccccc3)n2)c1. The lowest BCUT2D eigenvalue weighted by atomic mass is 9.89. The maximum Gasteiger partial charge on any atom is 0.341 e. The molecule has 1 aliphatic carbocycles. The summed E-state index contributed by atoms with van der Waals surface area (Å²) in [5, 5.41) is 16.6. The molecule has 184 valence electrons. The van der Waals surface area contributed by atoms with Gasteiger partial charge < -0.3 is 20.2 Å². The Kier molecular flexibility index (Phi) is 8.07. The molecule has 0 radical (unpaired) electrons. The number of hydrogen-bond donors (Lipinski definition) is 2. The molecule has 0 aliphatic heterocycles. The van der Waals surface area contributed by atoms with Crippen molar-refractivity contribution in [3.63, 3.8) is 0 Å². The summed E-state index contributed by atoms with van der Waals surface area (Å²) >= 11 is 0. The minimum Gasteiger partial charge on any atom is -0.479 e. The van der Waals surface area contributed by atoms with Crippen LogP contribution in [0.2, 0.25) is 0 Å². The molecule has 0 unspecified atom stereocenters. The lowest BCUT2D eigenvalue weighted by Crippen LogP contribution is -2.21. The van der Waals surface area contributed by atoms with Crippen LogP contribution in [0.5, 0.6) is 5.88 Å². The number of esters is 1. The number of benzene rings is 1. The van der Waals surface area contributed by atoms with Gasteiger partial charge in [0.2, 0.25) is 5.88 Å². The van der Waals surface area contributed by atoms with Crippen LogP contribution >= 0.6 is 0 Å². The standard InChI is InChI=1S/C26H32N6O3/c1-3-35-25(33)20-16-29-32(17-20)26-30-22(21(27)14-18-10-6-4-7-11-18)23(24(31-26)34-2)28-15-19-12-8-5-9-13-19/h4,6-7,10-11,16-17,19,27-28H,3,5,8-9,12-15H2,1-2H3. The third-order valence-corrected chi connectivity index (χ3v) is 6.16. The van der Waals surface area contributed by atoms with Crippen molar-refractivity contribution in [2.45, 2.75) is 45.4 Å². The maximum absolute atomic E-state index is 12.1. The average Bonchev–Trinajstić information content (AvgIpc) is 3.39.